The van der Waals surface area contributed by atoms with Gasteiger partial charge in [0.15, 0.2) is 5.82 Å². The highest BCUT2D eigenvalue weighted by molar-refractivity contribution is 5.85. The first-order valence-corrected chi connectivity index (χ1v) is 9.66. The van der Waals surface area contributed by atoms with Crippen molar-refractivity contribution in [2.24, 2.45) is 23.5 Å². The first-order chi connectivity index (χ1) is 11.7. The van der Waals surface area contributed by atoms with E-state index in [1.165, 1.54) is 38.5 Å². The van der Waals surface area contributed by atoms with Crippen molar-refractivity contribution < 1.29 is 4.79 Å². The van der Waals surface area contributed by atoms with Gasteiger partial charge in [-0.1, -0.05) is 12.8 Å². The van der Waals surface area contributed by atoms with E-state index in [-0.39, 0.29) is 36.6 Å². The van der Waals surface area contributed by atoms with Crippen LogP contribution in [0.25, 0.3) is 0 Å². The molecule has 3 aliphatic rings. The predicted molar refractivity (Wildman–Crippen MR) is 105 cm³/mol. The van der Waals surface area contributed by atoms with Crippen LogP contribution >= 0.6 is 24.8 Å². The number of halogens is 2. The molecule has 3 N–H and O–H groups in total. The molecule has 1 aliphatic heterocycles. The second kappa shape index (κ2) is 9.38. The normalized spacial score (nSPS) is 30.2. The fourth-order valence-corrected chi connectivity index (χ4v) is 4.99. The van der Waals surface area contributed by atoms with Gasteiger partial charge in [0.05, 0.1) is 6.54 Å². The molecule has 2 heterocycles. The van der Waals surface area contributed by atoms with Gasteiger partial charge in [0, 0.05) is 24.9 Å². The number of nitrogens with one attached hydrogen (secondary N) is 1. The monoisotopic (exact) mass is 403 g/mol. The summed E-state index contributed by atoms with van der Waals surface area (Å²) in [5, 5.41) is 11.7. The Kier molecular flexibility index (Phi) is 7.74. The van der Waals surface area contributed by atoms with Crippen LogP contribution in [-0.2, 0) is 24.3 Å². The van der Waals surface area contributed by atoms with Gasteiger partial charge in [-0.2, -0.15) is 0 Å². The predicted octanol–water partition coefficient (Wildman–Crippen LogP) is 2.62. The molecular formula is C18H31Cl2N5O. The van der Waals surface area contributed by atoms with Gasteiger partial charge >= 0.3 is 0 Å². The standard InChI is InChI=1S/C18H29N5O.2ClH/c19-17-12-5-4-6-13(17)10-14(9-12)18(24)20-11-16-22-21-15-7-2-1-3-8-23(15)16;;/h12-14,17H,1-11,19H2,(H,20,24);2*1H. The summed E-state index contributed by atoms with van der Waals surface area (Å²) < 4.78 is 2.21. The molecule has 2 saturated carbocycles. The van der Waals surface area contributed by atoms with Crippen molar-refractivity contribution in [3.63, 3.8) is 0 Å². The van der Waals surface area contributed by atoms with Gasteiger partial charge in [0.1, 0.15) is 5.82 Å². The molecule has 2 bridgehead atoms. The van der Waals surface area contributed by atoms with Crippen molar-refractivity contribution in [3.05, 3.63) is 11.6 Å². The zero-order valence-electron chi connectivity index (χ0n) is 15.2. The van der Waals surface area contributed by atoms with Crippen molar-refractivity contribution >= 4 is 30.7 Å². The van der Waals surface area contributed by atoms with Gasteiger partial charge in [-0.05, 0) is 50.4 Å². The number of nitrogens with two attached hydrogens (primary N) is 1. The Morgan fingerprint density at radius 2 is 1.81 bits per heavy atom. The summed E-state index contributed by atoms with van der Waals surface area (Å²) >= 11 is 0. The Balaban J connectivity index is 0.00000121. The molecule has 0 radical (unpaired) electrons. The largest absolute Gasteiger partial charge is 0.349 e. The fourth-order valence-electron chi connectivity index (χ4n) is 4.99. The SMILES string of the molecule is Cl.Cl.NC1C2CCCC1CC(C(=O)NCc1nnc3n1CCCCC3)C2. The second-order valence-electron chi connectivity index (χ2n) is 7.91. The number of nitrogens with zero attached hydrogens (tertiary/aromatic N) is 3. The Hall–Kier alpha value is -0.850. The molecule has 4 rings (SSSR count). The van der Waals surface area contributed by atoms with Crippen molar-refractivity contribution in [1.82, 2.24) is 20.1 Å². The molecule has 1 amide bonds. The highest BCUT2D eigenvalue weighted by atomic mass is 35.5. The van der Waals surface area contributed by atoms with Crippen LogP contribution in [0.5, 0.6) is 0 Å². The van der Waals surface area contributed by atoms with Crippen LogP contribution < -0.4 is 11.1 Å². The molecule has 0 saturated heterocycles. The Labute approximate surface area is 167 Å². The van der Waals surface area contributed by atoms with E-state index in [0.29, 0.717) is 24.4 Å². The third-order valence-electron chi connectivity index (χ3n) is 6.39. The zero-order valence-corrected chi connectivity index (χ0v) is 16.9. The van der Waals surface area contributed by atoms with Crippen LogP contribution in [0.4, 0.5) is 0 Å². The third kappa shape index (κ3) is 4.34. The van der Waals surface area contributed by atoms with E-state index in [4.69, 9.17) is 5.73 Å². The minimum absolute atomic E-state index is 0. The summed E-state index contributed by atoms with van der Waals surface area (Å²) in [6.07, 6.45) is 10.2. The van der Waals surface area contributed by atoms with Crippen LogP contribution in [0.3, 0.4) is 0 Å². The van der Waals surface area contributed by atoms with Crippen molar-refractivity contribution in [1.29, 1.82) is 0 Å². The summed E-state index contributed by atoms with van der Waals surface area (Å²) in [5.74, 6) is 3.38. The van der Waals surface area contributed by atoms with Gasteiger partial charge in [0.25, 0.3) is 0 Å². The smallest absolute Gasteiger partial charge is 0.223 e. The highest BCUT2D eigenvalue weighted by Crippen LogP contribution is 2.41. The zero-order chi connectivity index (χ0) is 16.5. The topological polar surface area (TPSA) is 85.8 Å². The van der Waals surface area contributed by atoms with Crippen LogP contribution in [0.2, 0.25) is 0 Å². The lowest BCUT2D eigenvalue weighted by molar-refractivity contribution is -0.128. The maximum Gasteiger partial charge on any atom is 0.223 e. The maximum atomic E-state index is 12.7. The molecule has 8 heteroatoms. The van der Waals surface area contributed by atoms with Crippen LogP contribution in [0.15, 0.2) is 0 Å². The van der Waals surface area contributed by atoms with Crippen molar-refractivity contribution in [2.75, 3.05) is 0 Å². The minimum Gasteiger partial charge on any atom is -0.349 e. The summed E-state index contributed by atoms with van der Waals surface area (Å²) in [6, 6.07) is 0.315. The van der Waals surface area contributed by atoms with E-state index < -0.39 is 0 Å². The molecule has 2 unspecified atom stereocenters. The molecule has 2 atom stereocenters. The number of carbonyl (C=O) groups is 1. The number of carbonyl (C=O) groups excluding carboxylic acids is 1. The van der Waals surface area contributed by atoms with E-state index in [9.17, 15) is 4.79 Å². The van der Waals surface area contributed by atoms with Crippen LogP contribution in [-0.4, -0.2) is 26.7 Å². The van der Waals surface area contributed by atoms with Gasteiger partial charge in [-0.15, -0.1) is 35.0 Å². The molecule has 0 spiro atoms. The maximum absolute atomic E-state index is 12.7. The molecule has 2 fully saturated rings. The first-order valence-electron chi connectivity index (χ1n) is 9.66. The molecule has 1 aromatic heterocycles. The van der Waals surface area contributed by atoms with Gasteiger partial charge < -0.3 is 15.6 Å². The van der Waals surface area contributed by atoms with Crippen molar-refractivity contribution in [2.45, 2.75) is 76.9 Å². The lowest BCUT2D eigenvalue weighted by Gasteiger charge is -2.43. The first kappa shape index (κ1) is 21.5. The van der Waals surface area contributed by atoms with E-state index in [0.717, 1.165) is 37.5 Å². The number of rotatable bonds is 3. The number of hydrogen-bond donors (Lipinski definition) is 2. The van der Waals surface area contributed by atoms with Gasteiger partial charge in [-0.3, -0.25) is 4.79 Å². The molecule has 148 valence electrons. The number of aryl methyl sites for hydroxylation is 1. The second-order valence-corrected chi connectivity index (χ2v) is 7.91. The average molecular weight is 404 g/mol. The van der Waals surface area contributed by atoms with E-state index in [1.807, 2.05) is 0 Å². The molecule has 26 heavy (non-hydrogen) atoms. The number of hydrogen-bond acceptors (Lipinski definition) is 4. The Morgan fingerprint density at radius 3 is 2.54 bits per heavy atom. The summed E-state index contributed by atoms with van der Waals surface area (Å²) in [7, 11) is 0. The number of fused-ring (bicyclic) bond motifs is 3. The quantitative estimate of drug-likeness (QED) is 0.811. The van der Waals surface area contributed by atoms with Crippen LogP contribution in [0.1, 0.15) is 63.0 Å². The molecular weight excluding hydrogens is 373 g/mol. The summed E-state index contributed by atoms with van der Waals surface area (Å²) in [6.45, 7) is 1.49. The molecule has 1 aromatic rings. The fraction of sp³-hybridized carbons (Fsp3) is 0.833. The Morgan fingerprint density at radius 1 is 1.08 bits per heavy atom. The number of aromatic nitrogens is 3. The van der Waals surface area contributed by atoms with E-state index >= 15 is 0 Å². The van der Waals surface area contributed by atoms with Gasteiger partial charge in [-0.25, -0.2) is 0 Å². The van der Waals surface area contributed by atoms with E-state index in [2.05, 4.69) is 20.1 Å². The molecule has 2 aliphatic carbocycles. The average Bonchev–Trinajstić information content (AvgIpc) is 2.79. The Bertz CT molecular complexity index is 594. The highest BCUT2D eigenvalue weighted by Gasteiger charge is 2.40. The van der Waals surface area contributed by atoms with Crippen molar-refractivity contribution in [3.8, 4) is 0 Å². The molecule has 0 aromatic carbocycles. The summed E-state index contributed by atoms with van der Waals surface area (Å²) in [4.78, 5) is 12.7. The third-order valence-corrected chi connectivity index (χ3v) is 6.39. The number of amides is 1. The lowest BCUT2D eigenvalue weighted by Crippen LogP contribution is -2.49. The van der Waals surface area contributed by atoms with Crippen LogP contribution in [0, 0.1) is 17.8 Å². The van der Waals surface area contributed by atoms with Gasteiger partial charge in [0.2, 0.25) is 5.91 Å². The minimum atomic E-state index is 0. The lowest BCUT2D eigenvalue weighted by atomic mass is 9.65. The molecule has 6 nitrogen and oxygen atoms in total. The summed E-state index contributed by atoms with van der Waals surface area (Å²) in [5.41, 5.74) is 6.34. The van der Waals surface area contributed by atoms with E-state index in [1.54, 1.807) is 0 Å².